The zero-order valence-corrected chi connectivity index (χ0v) is 18.8. The van der Waals surface area contributed by atoms with Crippen molar-refractivity contribution in [3.8, 4) is 11.1 Å². The third-order valence-corrected chi connectivity index (χ3v) is 6.26. The number of primary amides is 1. The molecule has 2 aromatic rings. The minimum Gasteiger partial charge on any atom is -0.366 e. The average Bonchev–Trinajstić information content (AvgIpc) is 3.24. The van der Waals surface area contributed by atoms with Gasteiger partial charge in [0.1, 0.15) is 0 Å². The Labute approximate surface area is 184 Å². The second-order valence-corrected chi connectivity index (χ2v) is 8.54. The number of amides is 2. The number of unbranched alkanes of at least 4 members (excludes halogenated alkanes) is 2. The van der Waals surface area contributed by atoms with Gasteiger partial charge in [0, 0.05) is 48.0 Å². The molecule has 1 fully saturated rings. The van der Waals surface area contributed by atoms with Crippen molar-refractivity contribution in [2.75, 3.05) is 13.1 Å². The lowest BCUT2D eigenvalue weighted by molar-refractivity contribution is -0.127. The largest absolute Gasteiger partial charge is 0.366 e. The molecule has 30 heavy (non-hydrogen) atoms. The monoisotopic (exact) mass is 429 g/mol. The molecule has 0 unspecified atom stereocenters. The van der Waals surface area contributed by atoms with Gasteiger partial charge in [0.05, 0.1) is 5.56 Å². The molecule has 0 aliphatic carbocycles. The first-order chi connectivity index (χ1) is 14.4. The molecular formula is C24H32ClN3O2. The van der Waals surface area contributed by atoms with Crippen LogP contribution in [0.15, 0.2) is 24.3 Å². The van der Waals surface area contributed by atoms with Crippen molar-refractivity contribution in [3.63, 3.8) is 0 Å². The summed E-state index contributed by atoms with van der Waals surface area (Å²) in [6.07, 6.45) is 6.70. The summed E-state index contributed by atoms with van der Waals surface area (Å²) in [6, 6.07) is 7.62. The molecule has 0 radical (unpaired) electrons. The summed E-state index contributed by atoms with van der Waals surface area (Å²) >= 11 is 6.09. The number of benzene rings is 1. The predicted octanol–water partition coefficient (Wildman–Crippen LogP) is 4.96. The van der Waals surface area contributed by atoms with Crippen LogP contribution in [-0.4, -0.2) is 34.4 Å². The normalized spacial score (nSPS) is 14.0. The van der Waals surface area contributed by atoms with Gasteiger partial charge >= 0.3 is 0 Å². The summed E-state index contributed by atoms with van der Waals surface area (Å²) in [5, 5.41) is 0.665. The lowest BCUT2D eigenvalue weighted by Crippen LogP contribution is -2.26. The SMILES string of the molecule is CCCCCc1c(-c2ccc(Cl)cc2)c(C(N)=O)c(C)n1CCCN1CCCC1=O. The molecule has 1 aliphatic rings. The highest BCUT2D eigenvalue weighted by Crippen LogP contribution is 2.34. The second-order valence-electron chi connectivity index (χ2n) is 8.10. The van der Waals surface area contributed by atoms with Crippen LogP contribution in [0.2, 0.25) is 5.02 Å². The van der Waals surface area contributed by atoms with Crippen molar-refractivity contribution in [1.29, 1.82) is 0 Å². The van der Waals surface area contributed by atoms with Gasteiger partial charge in [-0.05, 0) is 50.3 Å². The molecule has 5 nitrogen and oxygen atoms in total. The Morgan fingerprint density at radius 3 is 2.47 bits per heavy atom. The molecule has 1 aromatic carbocycles. The molecule has 1 aliphatic heterocycles. The van der Waals surface area contributed by atoms with Gasteiger partial charge in [0.25, 0.3) is 5.91 Å². The van der Waals surface area contributed by atoms with Crippen LogP contribution in [0.3, 0.4) is 0 Å². The number of nitrogens with two attached hydrogens (primary N) is 1. The van der Waals surface area contributed by atoms with E-state index in [-0.39, 0.29) is 5.91 Å². The number of carbonyl (C=O) groups excluding carboxylic acids is 2. The van der Waals surface area contributed by atoms with E-state index in [0.717, 1.165) is 80.7 Å². The van der Waals surface area contributed by atoms with E-state index < -0.39 is 5.91 Å². The van der Waals surface area contributed by atoms with Crippen LogP contribution < -0.4 is 5.73 Å². The summed E-state index contributed by atoms with van der Waals surface area (Å²) in [5.41, 5.74) is 10.4. The van der Waals surface area contributed by atoms with E-state index in [1.54, 1.807) is 0 Å². The number of aromatic nitrogens is 1. The van der Waals surface area contributed by atoms with E-state index in [9.17, 15) is 9.59 Å². The zero-order chi connectivity index (χ0) is 21.7. The minimum atomic E-state index is -0.400. The van der Waals surface area contributed by atoms with E-state index in [2.05, 4.69) is 11.5 Å². The van der Waals surface area contributed by atoms with E-state index in [1.807, 2.05) is 36.1 Å². The van der Waals surface area contributed by atoms with Crippen LogP contribution in [0, 0.1) is 6.92 Å². The van der Waals surface area contributed by atoms with Crippen molar-refractivity contribution >= 4 is 23.4 Å². The van der Waals surface area contributed by atoms with Crippen LogP contribution in [0.1, 0.15) is 67.2 Å². The Bertz CT molecular complexity index is 902. The van der Waals surface area contributed by atoms with Crippen molar-refractivity contribution < 1.29 is 9.59 Å². The first-order valence-corrected chi connectivity index (χ1v) is 11.4. The third kappa shape index (κ3) is 4.89. The van der Waals surface area contributed by atoms with Crippen molar-refractivity contribution in [3.05, 3.63) is 46.2 Å². The van der Waals surface area contributed by atoms with Gasteiger partial charge < -0.3 is 15.2 Å². The van der Waals surface area contributed by atoms with Crippen molar-refractivity contribution in [1.82, 2.24) is 9.47 Å². The summed E-state index contributed by atoms with van der Waals surface area (Å²) in [6.45, 7) is 6.55. The Hall–Kier alpha value is -2.27. The number of hydrogen-bond donors (Lipinski definition) is 1. The van der Waals surface area contributed by atoms with Crippen molar-refractivity contribution in [2.24, 2.45) is 5.73 Å². The van der Waals surface area contributed by atoms with Gasteiger partial charge in [0.2, 0.25) is 5.91 Å². The first kappa shape index (κ1) is 22.4. The fraction of sp³-hybridized carbons (Fsp3) is 0.500. The van der Waals surface area contributed by atoms with E-state index >= 15 is 0 Å². The van der Waals surface area contributed by atoms with E-state index in [4.69, 9.17) is 17.3 Å². The number of nitrogens with zero attached hydrogens (tertiary/aromatic N) is 2. The van der Waals surface area contributed by atoms with Gasteiger partial charge in [-0.2, -0.15) is 0 Å². The molecular weight excluding hydrogens is 398 g/mol. The quantitative estimate of drug-likeness (QED) is 0.542. The fourth-order valence-electron chi connectivity index (χ4n) is 4.49. The summed E-state index contributed by atoms with van der Waals surface area (Å²) in [4.78, 5) is 26.3. The molecule has 3 rings (SSSR count). The molecule has 0 saturated carbocycles. The van der Waals surface area contributed by atoms with Gasteiger partial charge in [-0.1, -0.05) is 43.5 Å². The number of likely N-dealkylation sites (tertiary alicyclic amines) is 1. The second kappa shape index (κ2) is 10.2. The number of carbonyl (C=O) groups is 2. The Kier molecular flexibility index (Phi) is 7.59. The van der Waals surface area contributed by atoms with E-state index in [0.29, 0.717) is 17.0 Å². The summed E-state index contributed by atoms with van der Waals surface area (Å²) in [5.74, 6) is -0.148. The molecule has 2 heterocycles. The van der Waals surface area contributed by atoms with Gasteiger partial charge in [-0.3, -0.25) is 9.59 Å². The molecule has 2 amide bonds. The Morgan fingerprint density at radius 1 is 1.13 bits per heavy atom. The highest BCUT2D eigenvalue weighted by Gasteiger charge is 2.25. The van der Waals surface area contributed by atoms with Gasteiger partial charge in [0.15, 0.2) is 0 Å². The minimum absolute atomic E-state index is 0.252. The van der Waals surface area contributed by atoms with Crippen LogP contribution >= 0.6 is 11.6 Å². The molecule has 1 saturated heterocycles. The Balaban J connectivity index is 1.96. The molecule has 0 spiro atoms. The van der Waals surface area contributed by atoms with Gasteiger partial charge in [-0.15, -0.1) is 0 Å². The highest BCUT2D eigenvalue weighted by atomic mass is 35.5. The molecule has 1 aromatic heterocycles. The van der Waals surface area contributed by atoms with Crippen LogP contribution in [0.5, 0.6) is 0 Å². The van der Waals surface area contributed by atoms with Gasteiger partial charge in [-0.25, -0.2) is 0 Å². The number of halogens is 1. The number of rotatable bonds is 10. The number of hydrogen-bond acceptors (Lipinski definition) is 2. The van der Waals surface area contributed by atoms with E-state index in [1.165, 1.54) is 0 Å². The molecule has 162 valence electrons. The summed E-state index contributed by atoms with van der Waals surface area (Å²) in [7, 11) is 0. The maximum atomic E-state index is 12.4. The third-order valence-electron chi connectivity index (χ3n) is 6.01. The predicted molar refractivity (Wildman–Crippen MR) is 122 cm³/mol. The van der Waals surface area contributed by atoms with Crippen LogP contribution in [0.4, 0.5) is 0 Å². The maximum absolute atomic E-state index is 12.4. The molecule has 0 bridgehead atoms. The average molecular weight is 430 g/mol. The fourth-order valence-corrected chi connectivity index (χ4v) is 4.62. The Morgan fingerprint density at radius 2 is 1.87 bits per heavy atom. The lowest BCUT2D eigenvalue weighted by Gasteiger charge is -2.18. The molecule has 6 heteroatoms. The zero-order valence-electron chi connectivity index (χ0n) is 18.0. The smallest absolute Gasteiger partial charge is 0.251 e. The maximum Gasteiger partial charge on any atom is 0.251 e. The standard InChI is InChI=1S/C24H32ClN3O2/c1-3-4-5-8-20-23(18-10-12-19(25)13-11-18)22(24(26)30)17(2)28(20)16-7-15-27-14-6-9-21(27)29/h10-13H,3-9,14-16H2,1-2H3,(H2,26,30). The lowest BCUT2D eigenvalue weighted by atomic mass is 9.97. The van der Waals surface area contributed by atoms with Crippen LogP contribution in [0.25, 0.3) is 11.1 Å². The van der Waals surface area contributed by atoms with Crippen molar-refractivity contribution in [2.45, 2.75) is 65.3 Å². The molecule has 0 atom stereocenters. The molecule has 2 N–H and O–H groups in total. The summed E-state index contributed by atoms with van der Waals surface area (Å²) < 4.78 is 2.25. The first-order valence-electron chi connectivity index (χ1n) is 11.0. The highest BCUT2D eigenvalue weighted by molar-refractivity contribution is 6.30. The van der Waals surface area contributed by atoms with Crippen LogP contribution in [-0.2, 0) is 17.8 Å². The topological polar surface area (TPSA) is 68.3 Å².